The Bertz CT molecular complexity index is 633. The van der Waals surface area contributed by atoms with Gasteiger partial charge in [0.25, 0.3) is 0 Å². The van der Waals surface area contributed by atoms with Crippen molar-refractivity contribution in [1.29, 1.82) is 5.26 Å². The van der Waals surface area contributed by atoms with Gasteiger partial charge in [0.15, 0.2) is 0 Å². The van der Waals surface area contributed by atoms with Gasteiger partial charge in [-0.3, -0.25) is 0 Å². The highest BCUT2D eigenvalue weighted by Crippen LogP contribution is 2.39. The predicted octanol–water partition coefficient (Wildman–Crippen LogP) is 1.91. The SMILES string of the molecule is N#Cc1ccc(S(=O)(=O)N2CCCC3CCCC32)cn1. The van der Waals surface area contributed by atoms with Gasteiger partial charge in [-0.15, -0.1) is 0 Å². The van der Waals surface area contributed by atoms with Gasteiger partial charge in [-0.2, -0.15) is 9.57 Å². The third-order valence-electron chi connectivity index (χ3n) is 4.40. The number of hydrogen-bond acceptors (Lipinski definition) is 4. The second-order valence-corrected chi connectivity index (χ2v) is 7.40. The van der Waals surface area contributed by atoms with Crippen LogP contribution in [0.15, 0.2) is 23.2 Å². The summed E-state index contributed by atoms with van der Waals surface area (Å²) in [6.45, 7) is 0.601. The molecule has 1 aromatic rings. The molecular formula is C14H17N3O2S. The monoisotopic (exact) mass is 291 g/mol. The van der Waals surface area contributed by atoms with Crippen LogP contribution in [0.3, 0.4) is 0 Å². The molecule has 5 nitrogen and oxygen atoms in total. The normalized spacial score (nSPS) is 26.9. The van der Waals surface area contributed by atoms with Crippen molar-refractivity contribution in [1.82, 2.24) is 9.29 Å². The van der Waals surface area contributed by atoms with Crippen molar-refractivity contribution in [3.8, 4) is 6.07 Å². The Morgan fingerprint density at radius 1 is 1.25 bits per heavy atom. The Kier molecular flexibility index (Phi) is 3.48. The summed E-state index contributed by atoms with van der Waals surface area (Å²) in [5.74, 6) is 0.518. The second-order valence-electron chi connectivity index (χ2n) is 5.51. The van der Waals surface area contributed by atoms with Crippen molar-refractivity contribution < 1.29 is 8.42 Å². The number of rotatable bonds is 2. The molecule has 0 aromatic carbocycles. The summed E-state index contributed by atoms with van der Waals surface area (Å²) in [5.41, 5.74) is 0.237. The number of hydrogen-bond donors (Lipinski definition) is 0. The molecule has 2 aliphatic rings. The average molecular weight is 291 g/mol. The molecule has 3 rings (SSSR count). The van der Waals surface area contributed by atoms with Gasteiger partial charge in [0.2, 0.25) is 10.0 Å². The number of piperidine rings is 1. The molecule has 0 N–H and O–H groups in total. The maximum Gasteiger partial charge on any atom is 0.244 e. The fraction of sp³-hybridized carbons (Fsp3) is 0.571. The van der Waals surface area contributed by atoms with Gasteiger partial charge in [0.05, 0.1) is 0 Å². The Morgan fingerprint density at radius 3 is 2.75 bits per heavy atom. The predicted molar refractivity (Wildman–Crippen MR) is 73.2 cm³/mol. The Morgan fingerprint density at radius 2 is 2.05 bits per heavy atom. The zero-order valence-corrected chi connectivity index (χ0v) is 12.0. The highest BCUT2D eigenvalue weighted by atomic mass is 32.2. The van der Waals surface area contributed by atoms with E-state index in [9.17, 15) is 8.42 Å². The van der Waals surface area contributed by atoms with Crippen LogP contribution in [-0.2, 0) is 10.0 Å². The van der Waals surface area contributed by atoms with E-state index in [4.69, 9.17) is 5.26 Å². The molecule has 1 saturated carbocycles. The van der Waals surface area contributed by atoms with E-state index < -0.39 is 10.0 Å². The third kappa shape index (κ3) is 2.21. The van der Waals surface area contributed by atoms with E-state index in [0.717, 1.165) is 32.1 Å². The van der Waals surface area contributed by atoms with Crippen LogP contribution in [0.1, 0.15) is 37.8 Å². The van der Waals surface area contributed by atoms with Crippen LogP contribution in [0.2, 0.25) is 0 Å². The average Bonchev–Trinajstić information content (AvgIpc) is 2.95. The Balaban J connectivity index is 1.92. The molecule has 2 unspecified atom stereocenters. The van der Waals surface area contributed by atoms with Gasteiger partial charge in [-0.1, -0.05) is 6.42 Å². The molecule has 0 amide bonds. The van der Waals surface area contributed by atoms with E-state index in [0.29, 0.717) is 12.5 Å². The molecule has 1 aliphatic carbocycles. The molecule has 6 heteroatoms. The molecule has 2 fully saturated rings. The van der Waals surface area contributed by atoms with Crippen LogP contribution in [0.5, 0.6) is 0 Å². The third-order valence-corrected chi connectivity index (χ3v) is 6.31. The smallest absolute Gasteiger partial charge is 0.244 e. The van der Waals surface area contributed by atoms with Crippen LogP contribution < -0.4 is 0 Å². The molecule has 0 radical (unpaired) electrons. The number of aromatic nitrogens is 1. The van der Waals surface area contributed by atoms with E-state index in [1.165, 1.54) is 18.3 Å². The van der Waals surface area contributed by atoms with Gasteiger partial charge < -0.3 is 0 Å². The first-order valence-electron chi connectivity index (χ1n) is 7.01. The lowest BCUT2D eigenvalue weighted by molar-refractivity contribution is 0.202. The van der Waals surface area contributed by atoms with Crippen molar-refractivity contribution in [2.75, 3.05) is 6.54 Å². The number of sulfonamides is 1. The summed E-state index contributed by atoms with van der Waals surface area (Å²) in [5, 5.41) is 8.73. The second kappa shape index (κ2) is 5.15. The fourth-order valence-electron chi connectivity index (χ4n) is 3.44. The summed E-state index contributed by atoms with van der Waals surface area (Å²) in [4.78, 5) is 4.08. The van der Waals surface area contributed by atoms with Crippen molar-refractivity contribution in [3.05, 3.63) is 24.0 Å². The van der Waals surface area contributed by atoms with Crippen molar-refractivity contribution in [3.63, 3.8) is 0 Å². The van der Waals surface area contributed by atoms with Crippen LogP contribution >= 0.6 is 0 Å². The summed E-state index contributed by atoms with van der Waals surface area (Å²) < 4.78 is 27.1. The molecule has 0 bridgehead atoms. The lowest BCUT2D eigenvalue weighted by Crippen LogP contribution is -2.46. The van der Waals surface area contributed by atoms with E-state index >= 15 is 0 Å². The first kappa shape index (κ1) is 13.5. The lowest BCUT2D eigenvalue weighted by atomic mass is 9.94. The van der Waals surface area contributed by atoms with Crippen molar-refractivity contribution in [2.45, 2.75) is 43.0 Å². The van der Waals surface area contributed by atoms with Crippen LogP contribution in [0.4, 0.5) is 0 Å². The fourth-order valence-corrected chi connectivity index (χ4v) is 5.14. The van der Waals surface area contributed by atoms with Gasteiger partial charge in [-0.25, -0.2) is 13.4 Å². The highest BCUT2D eigenvalue weighted by molar-refractivity contribution is 7.89. The maximum atomic E-state index is 12.7. The van der Waals surface area contributed by atoms with Crippen LogP contribution in [-0.4, -0.2) is 30.3 Å². The first-order valence-corrected chi connectivity index (χ1v) is 8.45. The summed E-state index contributed by atoms with van der Waals surface area (Å²) in [7, 11) is -3.48. The molecule has 1 saturated heterocycles. The number of nitriles is 1. The standard InChI is InChI=1S/C14H17N3O2S/c15-9-12-6-7-13(10-16-12)20(18,19)17-8-2-4-11-3-1-5-14(11)17/h6-7,10-11,14H,1-5,8H2. The Hall–Kier alpha value is -1.45. The van der Waals surface area contributed by atoms with Crippen molar-refractivity contribution >= 4 is 10.0 Å². The molecular weight excluding hydrogens is 274 g/mol. The topological polar surface area (TPSA) is 74.1 Å². The van der Waals surface area contributed by atoms with Crippen LogP contribution in [0.25, 0.3) is 0 Å². The van der Waals surface area contributed by atoms with E-state index in [1.54, 1.807) is 4.31 Å². The molecule has 106 valence electrons. The van der Waals surface area contributed by atoms with Gasteiger partial charge in [0.1, 0.15) is 16.7 Å². The van der Waals surface area contributed by atoms with E-state index in [2.05, 4.69) is 4.98 Å². The van der Waals surface area contributed by atoms with Crippen molar-refractivity contribution in [2.24, 2.45) is 5.92 Å². The number of nitrogens with zero attached hydrogens (tertiary/aromatic N) is 3. The van der Waals surface area contributed by atoms with E-state index in [-0.39, 0.29) is 16.6 Å². The summed E-state index contributed by atoms with van der Waals surface area (Å²) in [6.07, 6.45) is 6.60. The minimum absolute atomic E-state index is 0.157. The molecule has 2 heterocycles. The zero-order valence-electron chi connectivity index (χ0n) is 11.2. The van der Waals surface area contributed by atoms with E-state index in [1.807, 2.05) is 6.07 Å². The van der Waals surface area contributed by atoms with Gasteiger partial charge >= 0.3 is 0 Å². The summed E-state index contributed by atoms with van der Waals surface area (Å²) >= 11 is 0. The van der Waals surface area contributed by atoms with Gasteiger partial charge in [0, 0.05) is 18.8 Å². The minimum Gasteiger partial charge on any atom is -0.244 e. The molecule has 1 aromatic heterocycles. The minimum atomic E-state index is -3.48. The number of fused-ring (bicyclic) bond motifs is 1. The maximum absolute atomic E-state index is 12.7. The lowest BCUT2D eigenvalue weighted by Gasteiger charge is -2.36. The molecule has 20 heavy (non-hydrogen) atoms. The zero-order chi connectivity index (χ0) is 14.2. The largest absolute Gasteiger partial charge is 0.244 e. The van der Waals surface area contributed by atoms with Crippen LogP contribution in [0, 0.1) is 17.2 Å². The quantitative estimate of drug-likeness (QED) is 0.834. The highest BCUT2D eigenvalue weighted by Gasteiger charge is 2.41. The molecule has 0 spiro atoms. The molecule has 2 atom stereocenters. The first-order chi connectivity index (χ1) is 9.63. The van der Waals surface area contributed by atoms with Gasteiger partial charge in [-0.05, 0) is 43.7 Å². The summed E-state index contributed by atoms with van der Waals surface area (Å²) in [6, 6.07) is 5.01. The molecule has 1 aliphatic heterocycles. The Labute approximate surface area is 119 Å². The number of pyridine rings is 1.